The van der Waals surface area contributed by atoms with Gasteiger partial charge in [-0.25, -0.2) is 4.79 Å². The number of hydrogen-bond donors (Lipinski definition) is 2. The van der Waals surface area contributed by atoms with E-state index in [0.717, 1.165) is 23.7 Å². The van der Waals surface area contributed by atoms with Gasteiger partial charge in [0.1, 0.15) is 0 Å². The molecular weight excluding hydrogens is 242 g/mol. The smallest absolute Gasteiger partial charge is 0.331 e. The minimum atomic E-state index is -1.09. The molecule has 4 heteroatoms. The molecule has 2 N–H and O–H groups in total. The molecule has 1 aromatic carbocycles. The van der Waals surface area contributed by atoms with Gasteiger partial charge in [0.05, 0.1) is 0 Å². The molecule has 0 aliphatic rings. The normalized spacial score (nSPS) is 12.9. The minimum Gasteiger partial charge on any atom is -0.478 e. The fraction of sp³-hybridized carbons (Fsp3) is 0.333. The lowest BCUT2D eigenvalue weighted by atomic mass is 9.97. The molecule has 1 rings (SSSR count). The summed E-state index contributed by atoms with van der Waals surface area (Å²) in [6.07, 6.45) is 2.06. The van der Waals surface area contributed by atoms with Crippen molar-refractivity contribution in [1.82, 2.24) is 0 Å². The average Bonchev–Trinajstić information content (AvgIpc) is 2.38. The van der Waals surface area contributed by atoms with Crippen LogP contribution in [0.1, 0.15) is 38.7 Å². The van der Waals surface area contributed by atoms with Gasteiger partial charge in [0.25, 0.3) is 0 Å². The third kappa shape index (κ3) is 4.25. The van der Waals surface area contributed by atoms with Crippen LogP contribution in [-0.4, -0.2) is 17.0 Å². The van der Waals surface area contributed by atoms with Gasteiger partial charge in [-0.1, -0.05) is 32.0 Å². The number of para-hydroxylation sites is 1. The molecule has 0 aliphatic heterocycles. The van der Waals surface area contributed by atoms with E-state index in [-0.39, 0.29) is 5.57 Å². The number of carboxylic acids is 1. The molecule has 0 radical (unpaired) electrons. The van der Waals surface area contributed by atoms with Crippen molar-refractivity contribution in [3.63, 3.8) is 0 Å². The van der Waals surface area contributed by atoms with Crippen LogP contribution in [0.3, 0.4) is 0 Å². The van der Waals surface area contributed by atoms with Crippen molar-refractivity contribution in [3.05, 3.63) is 41.5 Å². The molecule has 0 saturated carbocycles. The summed E-state index contributed by atoms with van der Waals surface area (Å²) >= 11 is 0. The Morgan fingerprint density at radius 1 is 1.37 bits per heavy atom. The van der Waals surface area contributed by atoms with Crippen molar-refractivity contribution >= 4 is 17.6 Å². The predicted molar refractivity (Wildman–Crippen MR) is 75.2 cm³/mol. The van der Waals surface area contributed by atoms with E-state index in [0.29, 0.717) is 5.92 Å². The number of amides is 1. The van der Waals surface area contributed by atoms with Crippen LogP contribution in [0.15, 0.2) is 35.9 Å². The van der Waals surface area contributed by atoms with E-state index in [4.69, 9.17) is 5.11 Å². The molecule has 19 heavy (non-hydrogen) atoms. The zero-order valence-corrected chi connectivity index (χ0v) is 11.4. The van der Waals surface area contributed by atoms with Gasteiger partial charge in [-0.3, -0.25) is 4.79 Å². The van der Waals surface area contributed by atoms with Crippen molar-refractivity contribution in [3.8, 4) is 0 Å². The first kappa shape index (κ1) is 15.0. The molecule has 0 aromatic heterocycles. The maximum absolute atomic E-state index is 11.7. The van der Waals surface area contributed by atoms with E-state index in [9.17, 15) is 9.59 Å². The second-order valence-corrected chi connectivity index (χ2v) is 4.52. The topological polar surface area (TPSA) is 66.4 Å². The van der Waals surface area contributed by atoms with E-state index in [1.165, 1.54) is 6.92 Å². The lowest BCUT2D eigenvalue weighted by Crippen LogP contribution is -2.12. The third-order valence-electron chi connectivity index (χ3n) is 3.05. The number of benzene rings is 1. The van der Waals surface area contributed by atoms with E-state index in [1.54, 1.807) is 0 Å². The highest BCUT2D eigenvalue weighted by Crippen LogP contribution is 2.26. The molecule has 0 heterocycles. The first-order valence-corrected chi connectivity index (χ1v) is 6.27. The summed E-state index contributed by atoms with van der Waals surface area (Å²) in [5.74, 6) is -1.18. The molecule has 0 bridgehead atoms. The summed E-state index contributed by atoms with van der Waals surface area (Å²) in [5.41, 5.74) is 1.80. The Bertz CT molecular complexity index is 506. The van der Waals surface area contributed by atoms with E-state index >= 15 is 0 Å². The summed E-state index contributed by atoms with van der Waals surface area (Å²) in [6.45, 7) is 5.56. The van der Waals surface area contributed by atoms with Crippen molar-refractivity contribution < 1.29 is 14.7 Å². The van der Waals surface area contributed by atoms with Gasteiger partial charge in [0.2, 0.25) is 5.91 Å². The summed E-state index contributed by atoms with van der Waals surface area (Å²) in [4.78, 5) is 22.4. The van der Waals surface area contributed by atoms with Crippen LogP contribution >= 0.6 is 0 Å². The second-order valence-electron chi connectivity index (χ2n) is 4.52. The van der Waals surface area contributed by atoms with Gasteiger partial charge >= 0.3 is 5.97 Å². The molecular formula is C15H19NO3. The van der Waals surface area contributed by atoms with Gasteiger partial charge in [-0.15, -0.1) is 0 Å². The number of nitrogens with one attached hydrogen (secondary N) is 1. The summed E-state index contributed by atoms with van der Waals surface area (Å²) in [5, 5.41) is 11.5. The highest BCUT2D eigenvalue weighted by molar-refractivity contribution is 6.04. The van der Waals surface area contributed by atoms with Crippen molar-refractivity contribution in [2.24, 2.45) is 0 Å². The number of aliphatic carboxylic acids is 1. The van der Waals surface area contributed by atoms with Crippen molar-refractivity contribution in [1.29, 1.82) is 0 Å². The van der Waals surface area contributed by atoms with Crippen LogP contribution in [0.4, 0.5) is 5.69 Å². The minimum absolute atomic E-state index is 0.0125. The zero-order valence-electron chi connectivity index (χ0n) is 11.4. The summed E-state index contributed by atoms with van der Waals surface area (Å²) in [7, 11) is 0. The van der Waals surface area contributed by atoms with E-state index < -0.39 is 11.9 Å². The average molecular weight is 261 g/mol. The SMILES string of the molecule is CCC(C)c1ccccc1NC(=O)/C=C(\C)C(=O)O. The van der Waals surface area contributed by atoms with Crippen molar-refractivity contribution in [2.75, 3.05) is 5.32 Å². The van der Waals surface area contributed by atoms with Crippen LogP contribution < -0.4 is 5.32 Å². The molecule has 0 aliphatic carbocycles. The Morgan fingerprint density at radius 3 is 2.58 bits per heavy atom. The highest BCUT2D eigenvalue weighted by atomic mass is 16.4. The molecule has 0 saturated heterocycles. The largest absolute Gasteiger partial charge is 0.478 e. The standard InChI is InChI=1S/C15H19NO3/c1-4-10(2)12-7-5-6-8-13(12)16-14(17)9-11(3)15(18)19/h5-10H,4H2,1-3H3,(H,16,17)(H,18,19)/b11-9+. The van der Waals surface area contributed by atoms with Crippen LogP contribution in [-0.2, 0) is 9.59 Å². The van der Waals surface area contributed by atoms with Crippen LogP contribution in [0.25, 0.3) is 0 Å². The Morgan fingerprint density at radius 2 is 2.00 bits per heavy atom. The predicted octanol–water partition coefficient (Wildman–Crippen LogP) is 3.17. The Kier molecular flexibility index (Phi) is 5.30. The van der Waals surface area contributed by atoms with Gasteiger partial charge in [-0.2, -0.15) is 0 Å². The summed E-state index contributed by atoms with van der Waals surface area (Å²) in [6, 6.07) is 7.56. The number of carbonyl (C=O) groups excluding carboxylic acids is 1. The zero-order chi connectivity index (χ0) is 14.4. The second kappa shape index (κ2) is 6.73. The van der Waals surface area contributed by atoms with Gasteiger partial charge in [0.15, 0.2) is 0 Å². The molecule has 1 atom stereocenters. The molecule has 0 spiro atoms. The first-order valence-electron chi connectivity index (χ1n) is 6.27. The molecule has 4 nitrogen and oxygen atoms in total. The molecule has 1 amide bonds. The first-order chi connectivity index (χ1) is 8.95. The molecule has 0 fully saturated rings. The number of rotatable bonds is 5. The fourth-order valence-electron chi connectivity index (χ4n) is 1.69. The van der Waals surface area contributed by atoms with Gasteiger partial charge in [0, 0.05) is 17.3 Å². The van der Waals surface area contributed by atoms with E-state index in [1.807, 2.05) is 24.3 Å². The summed E-state index contributed by atoms with van der Waals surface area (Å²) < 4.78 is 0. The maximum Gasteiger partial charge on any atom is 0.331 e. The lowest BCUT2D eigenvalue weighted by Gasteiger charge is -2.14. The monoisotopic (exact) mass is 261 g/mol. The van der Waals surface area contributed by atoms with Gasteiger partial charge < -0.3 is 10.4 Å². The van der Waals surface area contributed by atoms with Crippen LogP contribution in [0.5, 0.6) is 0 Å². The Labute approximate surface area is 113 Å². The van der Waals surface area contributed by atoms with E-state index in [2.05, 4.69) is 19.2 Å². The maximum atomic E-state index is 11.7. The number of carbonyl (C=O) groups is 2. The third-order valence-corrected chi connectivity index (χ3v) is 3.05. The molecule has 1 unspecified atom stereocenters. The lowest BCUT2D eigenvalue weighted by molar-refractivity contribution is -0.132. The van der Waals surface area contributed by atoms with Crippen LogP contribution in [0.2, 0.25) is 0 Å². The Balaban J connectivity index is 2.91. The molecule has 1 aromatic rings. The number of anilines is 1. The van der Waals surface area contributed by atoms with Crippen molar-refractivity contribution in [2.45, 2.75) is 33.1 Å². The highest BCUT2D eigenvalue weighted by Gasteiger charge is 2.10. The Hall–Kier alpha value is -2.10. The molecule has 102 valence electrons. The van der Waals surface area contributed by atoms with Crippen LogP contribution in [0, 0.1) is 0 Å². The van der Waals surface area contributed by atoms with Gasteiger partial charge in [-0.05, 0) is 30.9 Å². The quantitative estimate of drug-likeness (QED) is 0.800. The fourth-order valence-corrected chi connectivity index (χ4v) is 1.69. The number of hydrogen-bond acceptors (Lipinski definition) is 2. The number of carboxylic acid groups (broad SMARTS) is 1.